The van der Waals surface area contributed by atoms with Crippen LogP contribution in [-0.4, -0.2) is 41.0 Å². The predicted molar refractivity (Wildman–Crippen MR) is 144 cm³/mol. The molecule has 1 fully saturated rings. The molecule has 1 N–H and O–H groups in total. The zero-order chi connectivity index (χ0) is 26.0. The zero-order valence-electron chi connectivity index (χ0n) is 21.7. The van der Waals surface area contributed by atoms with Crippen molar-refractivity contribution >= 4 is 28.2 Å². The van der Waals surface area contributed by atoms with Crippen LogP contribution in [0, 0.1) is 0 Å². The summed E-state index contributed by atoms with van der Waals surface area (Å²) in [5.41, 5.74) is 2.58. The van der Waals surface area contributed by atoms with Crippen LogP contribution in [-0.2, 0) is 19.7 Å². The first kappa shape index (κ1) is 25.6. The van der Waals surface area contributed by atoms with Gasteiger partial charge in [-0.05, 0) is 53.6 Å². The van der Waals surface area contributed by atoms with Gasteiger partial charge < -0.3 is 14.7 Å². The topological polar surface area (TPSA) is 66.8 Å². The second kappa shape index (κ2) is 10.3. The van der Waals surface area contributed by atoms with Crippen molar-refractivity contribution in [3.8, 4) is 0 Å². The normalized spacial score (nSPS) is 17.9. The van der Waals surface area contributed by atoms with Crippen molar-refractivity contribution in [2.45, 2.75) is 58.6 Å². The van der Waals surface area contributed by atoms with E-state index < -0.39 is 17.7 Å². The molecular weight excluding hydrogens is 450 g/mol. The van der Waals surface area contributed by atoms with Crippen LogP contribution in [0.1, 0.15) is 63.8 Å². The van der Waals surface area contributed by atoms with E-state index in [4.69, 9.17) is 4.74 Å². The summed E-state index contributed by atoms with van der Waals surface area (Å²) in [5.74, 6) is -1.40. The maximum Gasteiger partial charge on any atom is 0.295 e. The summed E-state index contributed by atoms with van der Waals surface area (Å²) in [6.07, 6.45) is 0.687. The number of ether oxygens (including phenoxy) is 1. The number of aliphatic hydroxyl groups is 1. The number of hydrogen-bond acceptors (Lipinski definition) is 4. The second-order valence-electron chi connectivity index (χ2n) is 10.7. The number of ketones is 1. The van der Waals surface area contributed by atoms with E-state index in [1.165, 1.54) is 0 Å². The number of Topliss-reactive ketones (excluding diaryl/α,β-unsaturated/α-hetero) is 1. The van der Waals surface area contributed by atoms with Crippen LogP contribution < -0.4 is 0 Å². The van der Waals surface area contributed by atoms with Crippen LogP contribution in [0.5, 0.6) is 0 Å². The minimum Gasteiger partial charge on any atom is -0.507 e. The van der Waals surface area contributed by atoms with Gasteiger partial charge >= 0.3 is 0 Å². The maximum atomic E-state index is 13.3. The Bertz CT molecular complexity index is 1300. The molecule has 3 aromatic rings. The minimum absolute atomic E-state index is 0.0282. The average Bonchev–Trinajstić information content (AvgIpc) is 3.10. The molecule has 0 aromatic heterocycles. The Kier molecular flexibility index (Phi) is 7.32. The lowest BCUT2D eigenvalue weighted by atomic mass is 9.85. The fourth-order valence-corrected chi connectivity index (χ4v) is 4.67. The number of benzene rings is 3. The van der Waals surface area contributed by atoms with Gasteiger partial charge in [-0.15, -0.1) is 0 Å². The quantitative estimate of drug-likeness (QED) is 0.183. The van der Waals surface area contributed by atoms with Gasteiger partial charge in [0, 0.05) is 18.7 Å². The second-order valence-corrected chi connectivity index (χ2v) is 10.7. The highest BCUT2D eigenvalue weighted by Gasteiger charge is 2.45. The Morgan fingerprint density at radius 2 is 1.64 bits per heavy atom. The predicted octanol–water partition coefficient (Wildman–Crippen LogP) is 6.37. The highest BCUT2D eigenvalue weighted by atomic mass is 16.5. The molecule has 1 heterocycles. The fourth-order valence-electron chi connectivity index (χ4n) is 4.67. The molecule has 0 aliphatic carbocycles. The van der Waals surface area contributed by atoms with E-state index in [9.17, 15) is 14.7 Å². The largest absolute Gasteiger partial charge is 0.507 e. The lowest BCUT2D eigenvalue weighted by molar-refractivity contribution is -0.140. The van der Waals surface area contributed by atoms with Gasteiger partial charge in [0.1, 0.15) is 5.76 Å². The number of amides is 1. The summed E-state index contributed by atoms with van der Waals surface area (Å²) >= 11 is 0. The molecule has 1 amide bonds. The Morgan fingerprint density at radius 1 is 0.972 bits per heavy atom. The van der Waals surface area contributed by atoms with Gasteiger partial charge in [0.25, 0.3) is 11.7 Å². The molecule has 1 unspecified atom stereocenters. The number of rotatable bonds is 7. The van der Waals surface area contributed by atoms with Gasteiger partial charge in [0.05, 0.1) is 17.7 Å². The standard InChI is InChI=1S/C31H35NO4/c1-20(2)36-18-8-17-32-27(22-13-15-25(16-14-22)31(3,4)5)26(29(34)30(32)35)28(33)24-12-11-21-9-6-7-10-23(21)19-24/h6-7,9-16,19-20,27,33H,8,17-18H2,1-5H3/b28-26-. The van der Waals surface area contributed by atoms with Crippen molar-refractivity contribution < 1.29 is 19.4 Å². The summed E-state index contributed by atoms with van der Waals surface area (Å²) in [6, 6.07) is 20.7. The number of carbonyl (C=O) groups excluding carboxylic acids is 2. The minimum atomic E-state index is -0.662. The number of likely N-dealkylation sites (tertiary alicyclic amines) is 1. The van der Waals surface area contributed by atoms with E-state index in [1.54, 1.807) is 11.0 Å². The Balaban J connectivity index is 1.78. The third-order valence-corrected chi connectivity index (χ3v) is 6.65. The first-order chi connectivity index (χ1) is 17.1. The molecule has 1 atom stereocenters. The molecule has 1 aliphatic rings. The monoisotopic (exact) mass is 485 g/mol. The Labute approximate surface area is 213 Å². The van der Waals surface area contributed by atoms with E-state index in [-0.39, 0.29) is 22.9 Å². The zero-order valence-corrected chi connectivity index (χ0v) is 21.7. The average molecular weight is 486 g/mol. The molecular formula is C31H35NO4. The van der Waals surface area contributed by atoms with E-state index in [2.05, 4.69) is 20.8 Å². The van der Waals surface area contributed by atoms with Crippen molar-refractivity contribution in [1.29, 1.82) is 0 Å². The van der Waals surface area contributed by atoms with Gasteiger partial charge in [-0.25, -0.2) is 0 Å². The molecule has 1 saturated heterocycles. The lowest BCUT2D eigenvalue weighted by Gasteiger charge is -2.26. The van der Waals surface area contributed by atoms with Gasteiger partial charge in [-0.3, -0.25) is 9.59 Å². The van der Waals surface area contributed by atoms with Gasteiger partial charge in [-0.2, -0.15) is 0 Å². The molecule has 0 bridgehead atoms. The number of nitrogens with zero attached hydrogens (tertiary/aromatic N) is 1. The summed E-state index contributed by atoms with van der Waals surface area (Å²) in [4.78, 5) is 28.1. The van der Waals surface area contributed by atoms with Crippen LogP contribution in [0.15, 0.2) is 72.3 Å². The van der Waals surface area contributed by atoms with Crippen molar-refractivity contribution in [2.24, 2.45) is 0 Å². The van der Waals surface area contributed by atoms with Gasteiger partial charge in [0.2, 0.25) is 0 Å². The fraction of sp³-hybridized carbons (Fsp3) is 0.355. The van der Waals surface area contributed by atoms with Gasteiger partial charge in [-0.1, -0.05) is 81.4 Å². The van der Waals surface area contributed by atoms with E-state index in [0.29, 0.717) is 25.1 Å². The highest BCUT2D eigenvalue weighted by Crippen LogP contribution is 2.40. The van der Waals surface area contributed by atoms with Crippen LogP contribution in [0.4, 0.5) is 0 Å². The van der Waals surface area contributed by atoms with Crippen molar-refractivity contribution in [1.82, 2.24) is 4.90 Å². The number of aliphatic hydroxyl groups excluding tert-OH is 1. The molecule has 3 aromatic carbocycles. The molecule has 188 valence electrons. The highest BCUT2D eigenvalue weighted by molar-refractivity contribution is 6.46. The molecule has 0 radical (unpaired) electrons. The molecule has 0 spiro atoms. The molecule has 5 nitrogen and oxygen atoms in total. The molecule has 4 rings (SSSR count). The summed E-state index contributed by atoms with van der Waals surface area (Å²) in [7, 11) is 0. The lowest BCUT2D eigenvalue weighted by Crippen LogP contribution is -2.31. The maximum absolute atomic E-state index is 13.3. The van der Waals surface area contributed by atoms with Crippen LogP contribution in [0.3, 0.4) is 0 Å². The summed E-state index contributed by atoms with van der Waals surface area (Å²) < 4.78 is 5.66. The van der Waals surface area contributed by atoms with E-state index in [0.717, 1.165) is 21.9 Å². The van der Waals surface area contributed by atoms with Crippen LogP contribution in [0.25, 0.3) is 16.5 Å². The van der Waals surface area contributed by atoms with Crippen LogP contribution >= 0.6 is 0 Å². The Hall–Kier alpha value is -3.44. The summed E-state index contributed by atoms with van der Waals surface area (Å²) in [6.45, 7) is 11.2. The van der Waals surface area contributed by atoms with Crippen molar-refractivity contribution in [3.63, 3.8) is 0 Å². The van der Waals surface area contributed by atoms with Crippen molar-refractivity contribution in [3.05, 3.63) is 89.0 Å². The number of hydrogen-bond donors (Lipinski definition) is 1. The molecule has 5 heteroatoms. The third kappa shape index (κ3) is 5.21. The SMILES string of the molecule is CC(C)OCCCN1C(=O)C(=O)/C(=C(\O)c2ccc3ccccc3c2)C1c1ccc(C(C)(C)C)cc1. The Morgan fingerprint density at radius 3 is 2.28 bits per heavy atom. The van der Waals surface area contributed by atoms with Crippen molar-refractivity contribution in [2.75, 3.05) is 13.2 Å². The smallest absolute Gasteiger partial charge is 0.295 e. The number of carbonyl (C=O) groups is 2. The summed E-state index contributed by atoms with van der Waals surface area (Å²) in [5, 5.41) is 13.4. The van der Waals surface area contributed by atoms with Crippen LogP contribution in [0.2, 0.25) is 0 Å². The van der Waals surface area contributed by atoms with E-state index in [1.807, 2.05) is 74.5 Å². The molecule has 0 saturated carbocycles. The van der Waals surface area contributed by atoms with E-state index >= 15 is 0 Å². The van der Waals surface area contributed by atoms with Gasteiger partial charge in [0.15, 0.2) is 0 Å². The number of fused-ring (bicyclic) bond motifs is 1. The molecule has 1 aliphatic heterocycles. The first-order valence-electron chi connectivity index (χ1n) is 12.6. The molecule has 36 heavy (non-hydrogen) atoms. The third-order valence-electron chi connectivity index (χ3n) is 6.65. The first-order valence-corrected chi connectivity index (χ1v) is 12.6.